The van der Waals surface area contributed by atoms with E-state index in [-0.39, 0.29) is 6.10 Å². The van der Waals surface area contributed by atoms with Crippen LogP contribution in [0.5, 0.6) is 5.75 Å². The molecule has 1 N–H and O–H groups in total. The zero-order chi connectivity index (χ0) is 20.8. The molecule has 0 amide bonds. The van der Waals surface area contributed by atoms with Crippen molar-refractivity contribution in [1.29, 1.82) is 0 Å². The fourth-order valence-electron chi connectivity index (χ4n) is 4.24. The summed E-state index contributed by atoms with van der Waals surface area (Å²) in [6.45, 7) is 2.96. The quantitative estimate of drug-likeness (QED) is 0.647. The molecule has 1 heterocycles. The van der Waals surface area contributed by atoms with Crippen molar-refractivity contribution in [3.8, 4) is 5.75 Å². The predicted molar refractivity (Wildman–Crippen MR) is 118 cm³/mol. The summed E-state index contributed by atoms with van der Waals surface area (Å²) in [4.78, 5) is 2.36. The molecule has 1 saturated heterocycles. The maximum Gasteiger partial charge on any atom is 0.122 e. The van der Waals surface area contributed by atoms with Crippen LogP contribution >= 0.6 is 0 Å². The van der Waals surface area contributed by atoms with Gasteiger partial charge >= 0.3 is 0 Å². The molecule has 0 saturated carbocycles. The van der Waals surface area contributed by atoms with E-state index in [0.29, 0.717) is 19.6 Å². The fraction of sp³-hybridized carbons (Fsp3) is 0.308. The average Bonchev–Trinajstić information content (AvgIpc) is 2.81. The average molecular weight is 404 g/mol. The Balaban J connectivity index is 1.62. The third-order valence-corrected chi connectivity index (χ3v) is 5.86. The van der Waals surface area contributed by atoms with Gasteiger partial charge in [0.25, 0.3) is 0 Å². The molecule has 3 aromatic carbocycles. The second kappa shape index (κ2) is 9.43. The summed E-state index contributed by atoms with van der Waals surface area (Å²) in [5.41, 5.74) is 1.94. The summed E-state index contributed by atoms with van der Waals surface area (Å²) in [6, 6.07) is 28.2. The number of ether oxygens (including phenoxy) is 2. The molecule has 3 aromatic rings. The highest BCUT2D eigenvalue weighted by molar-refractivity contribution is 5.37. The van der Waals surface area contributed by atoms with Crippen LogP contribution in [0.1, 0.15) is 16.7 Å². The first-order valence-electron chi connectivity index (χ1n) is 10.5. The Bertz CT molecular complexity index is 931. The highest BCUT2D eigenvalue weighted by Gasteiger charge is 2.42. The first-order chi connectivity index (χ1) is 14.7. The van der Waals surface area contributed by atoms with Gasteiger partial charge in [-0.25, -0.2) is 0 Å². The van der Waals surface area contributed by atoms with Crippen LogP contribution in [-0.4, -0.2) is 42.9 Å². The number of methoxy groups -OCH3 is 1. The van der Waals surface area contributed by atoms with Gasteiger partial charge < -0.3 is 14.6 Å². The van der Waals surface area contributed by atoms with Gasteiger partial charge in [-0.15, -0.1) is 0 Å². The molecule has 0 spiro atoms. The van der Waals surface area contributed by atoms with Gasteiger partial charge in [0.15, 0.2) is 0 Å². The lowest BCUT2D eigenvalue weighted by Gasteiger charge is -2.42. The highest BCUT2D eigenvalue weighted by Crippen LogP contribution is 2.35. The van der Waals surface area contributed by atoms with Gasteiger partial charge in [-0.1, -0.05) is 78.9 Å². The zero-order valence-electron chi connectivity index (χ0n) is 17.4. The SMILES string of the molecule is COc1ccccc1CC(O)(c1ccccc1)[C@@H]1CN(Cc2ccccc2)CCO1. The van der Waals surface area contributed by atoms with Crippen LogP contribution < -0.4 is 4.74 Å². The Kier molecular flexibility index (Phi) is 6.48. The fourth-order valence-corrected chi connectivity index (χ4v) is 4.24. The van der Waals surface area contributed by atoms with E-state index in [9.17, 15) is 5.11 Å². The van der Waals surface area contributed by atoms with Crippen molar-refractivity contribution in [3.63, 3.8) is 0 Å². The molecule has 0 bridgehead atoms. The van der Waals surface area contributed by atoms with Crippen molar-refractivity contribution in [2.75, 3.05) is 26.8 Å². The van der Waals surface area contributed by atoms with E-state index < -0.39 is 5.60 Å². The van der Waals surface area contributed by atoms with Crippen molar-refractivity contribution >= 4 is 0 Å². The van der Waals surface area contributed by atoms with Crippen LogP contribution in [-0.2, 0) is 23.3 Å². The topological polar surface area (TPSA) is 41.9 Å². The summed E-state index contributed by atoms with van der Waals surface area (Å²) < 4.78 is 11.7. The summed E-state index contributed by atoms with van der Waals surface area (Å²) in [5.74, 6) is 0.781. The lowest BCUT2D eigenvalue weighted by atomic mass is 9.81. The lowest BCUT2D eigenvalue weighted by molar-refractivity contribution is -0.150. The lowest BCUT2D eigenvalue weighted by Crippen LogP contribution is -2.53. The van der Waals surface area contributed by atoms with Crippen LogP contribution in [0, 0.1) is 0 Å². The van der Waals surface area contributed by atoms with Gasteiger partial charge in [-0.3, -0.25) is 4.90 Å². The number of morpholine rings is 1. The summed E-state index contributed by atoms with van der Waals surface area (Å²) >= 11 is 0. The molecule has 1 aliphatic heterocycles. The van der Waals surface area contributed by atoms with Gasteiger partial charge in [-0.05, 0) is 22.8 Å². The third-order valence-electron chi connectivity index (χ3n) is 5.86. The molecule has 4 nitrogen and oxygen atoms in total. The number of rotatable bonds is 7. The number of para-hydroxylation sites is 1. The van der Waals surface area contributed by atoms with E-state index in [1.165, 1.54) is 5.56 Å². The number of hydrogen-bond acceptors (Lipinski definition) is 4. The van der Waals surface area contributed by atoms with Crippen LogP contribution in [0.25, 0.3) is 0 Å². The first kappa shape index (κ1) is 20.6. The Morgan fingerprint density at radius 2 is 1.63 bits per heavy atom. The Morgan fingerprint density at radius 3 is 2.37 bits per heavy atom. The van der Waals surface area contributed by atoms with E-state index in [2.05, 4.69) is 29.2 Å². The minimum absolute atomic E-state index is 0.345. The molecule has 2 atom stereocenters. The molecule has 30 heavy (non-hydrogen) atoms. The molecule has 4 heteroatoms. The van der Waals surface area contributed by atoms with Crippen molar-refractivity contribution in [2.24, 2.45) is 0 Å². The Morgan fingerprint density at radius 1 is 0.967 bits per heavy atom. The Hall–Kier alpha value is -2.66. The van der Waals surface area contributed by atoms with Crippen LogP contribution in [0.2, 0.25) is 0 Å². The van der Waals surface area contributed by atoms with Crippen molar-refractivity contribution in [2.45, 2.75) is 24.7 Å². The third kappa shape index (κ3) is 4.57. The van der Waals surface area contributed by atoms with Crippen molar-refractivity contribution in [1.82, 2.24) is 4.90 Å². The maximum absolute atomic E-state index is 12.1. The van der Waals surface area contributed by atoms with Gasteiger partial charge in [0.2, 0.25) is 0 Å². The monoisotopic (exact) mass is 403 g/mol. The van der Waals surface area contributed by atoms with Crippen LogP contribution in [0.4, 0.5) is 0 Å². The van der Waals surface area contributed by atoms with Crippen molar-refractivity contribution in [3.05, 3.63) is 102 Å². The van der Waals surface area contributed by atoms with Crippen molar-refractivity contribution < 1.29 is 14.6 Å². The standard InChI is InChI=1S/C26H29NO3/c1-29-24-15-9-8-12-22(24)18-26(28,23-13-6-3-7-14-23)25-20-27(16-17-30-25)19-21-10-4-2-5-11-21/h2-15,25,28H,16-20H2,1H3/t25-,26?/m0/s1. The van der Waals surface area contributed by atoms with E-state index in [1.807, 2.05) is 60.7 Å². The Labute approximate surface area is 178 Å². The van der Waals surface area contributed by atoms with Crippen LogP contribution in [0.15, 0.2) is 84.9 Å². The van der Waals surface area contributed by atoms with Crippen LogP contribution in [0.3, 0.4) is 0 Å². The molecular formula is C26H29NO3. The minimum Gasteiger partial charge on any atom is -0.496 e. The van der Waals surface area contributed by atoms with E-state index >= 15 is 0 Å². The van der Waals surface area contributed by atoms with E-state index in [1.54, 1.807) is 7.11 Å². The van der Waals surface area contributed by atoms with E-state index in [0.717, 1.165) is 30.0 Å². The largest absolute Gasteiger partial charge is 0.496 e. The maximum atomic E-state index is 12.1. The number of benzene rings is 3. The second-order valence-corrected chi connectivity index (χ2v) is 7.86. The molecule has 4 rings (SSSR count). The summed E-state index contributed by atoms with van der Waals surface area (Å²) in [7, 11) is 1.67. The van der Waals surface area contributed by atoms with Gasteiger partial charge in [0, 0.05) is 26.1 Å². The first-order valence-corrected chi connectivity index (χ1v) is 10.5. The second-order valence-electron chi connectivity index (χ2n) is 7.86. The molecule has 0 radical (unpaired) electrons. The highest BCUT2D eigenvalue weighted by atomic mass is 16.5. The van der Waals surface area contributed by atoms with Gasteiger partial charge in [-0.2, -0.15) is 0 Å². The molecule has 1 unspecified atom stereocenters. The molecule has 1 aliphatic rings. The molecule has 0 aliphatic carbocycles. The normalized spacial score (nSPS) is 19.2. The molecule has 0 aromatic heterocycles. The zero-order valence-corrected chi connectivity index (χ0v) is 17.4. The molecular weight excluding hydrogens is 374 g/mol. The predicted octanol–water partition coefficient (Wildman–Crippen LogP) is 4.03. The van der Waals surface area contributed by atoms with E-state index in [4.69, 9.17) is 9.47 Å². The van der Waals surface area contributed by atoms with Gasteiger partial charge in [0.1, 0.15) is 17.5 Å². The smallest absolute Gasteiger partial charge is 0.122 e. The summed E-state index contributed by atoms with van der Waals surface area (Å²) in [5, 5.41) is 12.1. The van der Waals surface area contributed by atoms with Gasteiger partial charge in [0.05, 0.1) is 13.7 Å². The summed E-state index contributed by atoms with van der Waals surface area (Å²) in [6.07, 6.45) is 0.0764. The molecule has 156 valence electrons. The molecule has 1 fully saturated rings. The number of aliphatic hydroxyl groups is 1. The number of hydrogen-bond donors (Lipinski definition) is 1. The minimum atomic E-state index is -1.16. The number of nitrogens with zero attached hydrogens (tertiary/aromatic N) is 1.